The summed E-state index contributed by atoms with van der Waals surface area (Å²) in [5, 5.41) is 0. The molecule has 0 N–H and O–H groups in total. The minimum absolute atomic E-state index is 0.0522. The van der Waals surface area contributed by atoms with E-state index in [2.05, 4.69) is 4.74 Å². The van der Waals surface area contributed by atoms with Crippen molar-refractivity contribution >= 4 is 11.8 Å². The molecule has 4 rings (SSSR count). The molecule has 1 spiro atoms. The number of carbonyl (C=O) groups is 2. The maximum absolute atomic E-state index is 13.2. The van der Waals surface area contributed by atoms with Crippen molar-refractivity contribution in [2.24, 2.45) is 0 Å². The Bertz CT molecular complexity index is 957. The van der Waals surface area contributed by atoms with E-state index in [9.17, 15) is 22.8 Å². The van der Waals surface area contributed by atoms with Crippen LogP contribution in [0.5, 0.6) is 5.75 Å². The Balaban J connectivity index is 1.55. The number of alkyl halides is 3. The lowest BCUT2D eigenvalue weighted by molar-refractivity contribution is -0.274. The third-order valence-electron chi connectivity index (χ3n) is 5.84. The Labute approximate surface area is 183 Å². The summed E-state index contributed by atoms with van der Waals surface area (Å²) >= 11 is 0. The van der Waals surface area contributed by atoms with Crippen molar-refractivity contribution in [2.45, 2.75) is 31.3 Å². The fourth-order valence-corrected chi connectivity index (χ4v) is 4.26. The number of hydrogen-bond donors (Lipinski definition) is 0. The fourth-order valence-electron chi connectivity index (χ4n) is 4.26. The van der Waals surface area contributed by atoms with Gasteiger partial charge in [-0.1, -0.05) is 30.3 Å². The van der Waals surface area contributed by atoms with Crippen LogP contribution >= 0.6 is 0 Å². The molecule has 0 bridgehead atoms. The highest BCUT2D eigenvalue weighted by Gasteiger charge is 2.47. The van der Waals surface area contributed by atoms with Gasteiger partial charge < -0.3 is 19.3 Å². The van der Waals surface area contributed by atoms with Crippen LogP contribution in [-0.4, -0.2) is 59.8 Å². The second kappa shape index (κ2) is 8.82. The van der Waals surface area contributed by atoms with Crippen LogP contribution in [0.3, 0.4) is 0 Å². The monoisotopic (exact) mass is 448 g/mol. The standard InChI is InChI=1S/C23H23F3N2O4/c24-23(25,26)32-19-8-6-18(7-9-19)21(30)27-12-10-20(29)28(14-17-4-2-1-3-5-17)22(15-27)11-13-31-16-22/h1-9H,10-16H2. The van der Waals surface area contributed by atoms with Crippen molar-refractivity contribution in [3.8, 4) is 5.75 Å². The van der Waals surface area contributed by atoms with Crippen LogP contribution in [0.4, 0.5) is 13.2 Å². The molecule has 0 radical (unpaired) electrons. The number of amides is 2. The van der Waals surface area contributed by atoms with Crippen LogP contribution < -0.4 is 4.74 Å². The van der Waals surface area contributed by atoms with E-state index in [1.807, 2.05) is 35.2 Å². The molecule has 2 saturated heterocycles. The number of rotatable bonds is 4. The molecule has 2 heterocycles. The third kappa shape index (κ3) is 4.88. The number of hydrogen-bond acceptors (Lipinski definition) is 4. The summed E-state index contributed by atoms with van der Waals surface area (Å²) in [6.45, 7) is 1.77. The molecule has 2 aliphatic heterocycles. The Kier molecular flexibility index (Phi) is 6.10. The molecule has 1 atom stereocenters. The average Bonchev–Trinajstić information content (AvgIpc) is 3.18. The highest BCUT2D eigenvalue weighted by atomic mass is 19.4. The highest BCUT2D eigenvalue weighted by molar-refractivity contribution is 5.95. The Morgan fingerprint density at radius 1 is 1.09 bits per heavy atom. The average molecular weight is 448 g/mol. The zero-order valence-electron chi connectivity index (χ0n) is 17.3. The number of carbonyl (C=O) groups excluding carboxylic acids is 2. The predicted molar refractivity (Wildman–Crippen MR) is 109 cm³/mol. The van der Waals surface area contributed by atoms with Crippen LogP contribution in [-0.2, 0) is 16.1 Å². The van der Waals surface area contributed by atoms with E-state index in [0.29, 0.717) is 32.7 Å². The topological polar surface area (TPSA) is 59.1 Å². The molecule has 2 fully saturated rings. The first-order valence-electron chi connectivity index (χ1n) is 10.3. The summed E-state index contributed by atoms with van der Waals surface area (Å²) in [4.78, 5) is 29.6. The highest BCUT2D eigenvalue weighted by Crippen LogP contribution is 2.33. The Hall–Kier alpha value is -3.07. The van der Waals surface area contributed by atoms with Crippen molar-refractivity contribution in [1.29, 1.82) is 0 Å². The van der Waals surface area contributed by atoms with Crippen LogP contribution in [0.25, 0.3) is 0 Å². The van der Waals surface area contributed by atoms with E-state index in [-0.39, 0.29) is 30.3 Å². The minimum atomic E-state index is -4.80. The molecule has 2 aliphatic rings. The molecule has 2 aromatic rings. The molecule has 2 aromatic carbocycles. The summed E-state index contributed by atoms with van der Waals surface area (Å²) < 4.78 is 46.7. The molecule has 1 unspecified atom stereocenters. The van der Waals surface area contributed by atoms with Gasteiger partial charge in [-0.15, -0.1) is 13.2 Å². The van der Waals surface area contributed by atoms with Gasteiger partial charge in [0.05, 0.1) is 12.1 Å². The van der Waals surface area contributed by atoms with Gasteiger partial charge in [0, 0.05) is 38.2 Å². The van der Waals surface area contributed by atoms with Gasteiger partial charge in [0.15, 0.2) is 0 Å². The molecular formula is C23H23F3N2O4. The second-order valence-corrected chi connectivity index (χ2v) is 8.04. The van der Waals surface area contributed by atoms with E-state index >= 15 is 0 Å². The summed E-state index contributed by atoms with van der Waals surface area (Å²) in [6, 6.07) is 14.5. The van der Waals surface area contributed by atoms with Gasteiger partial charge in [0.2, 0.25) is 5.91 Å². The molecule has 0 saturated carbocycles. The van der Waals surface area contributed by atoms with Crippen molar-refractivity contribution in [3.63, 3.8) is 0 Å². The molecule has 0 aromatic heterocycles. The predicted octanol–water partition coefficient (Wildman–Crippen LogP) is 3.62. The zero-order chi connectivity index (χ0) is 22.8. The van der Waals surface area contributed by atoms with Crippen LogP contribution in [0.1, 0.15) is 28.8 Å². The van der Waals surface area contributed by atoms with Gasteiger partial charge >= 0.3 is 6.36 Å². The lowest BCUT2D eigenvalue weighted by Gasteiger charge is -2.40. The van der Waals surface area contributed by atoms with Crippen molar-refractivity contribution in [1.82, 2.24) is 9.80 Å². The Morgan fingerprint density at radius 3 is 2.44 bits per heavy atom. The SMILES string of the molecule is O=C(c1ccc(OC(F)(F)F)cc1)N1CCC(=O)N(Cc2ccccc2)C2(CCOC2)C1. The zero-order valence-corrected chi connectivity index (χ0v) is 17.3. The second-order valence-electron chi connectivity index (χ2n) is 8.04. The summed E-state index contributed by atoms with van der Waals surface area (Å²) in [6.07, 6.45) is -4.03. The molecule has 32 heavy (non-hydrogen) atoms. The quantitative estimate of drug-likeness (QED) is 0.717. The van der Waals surface area contributed by atoms with E-state index in [4.69, 9.17) is 4.74 Å². The first kappa shape index (κ1) is 22.1. The molecule has 0 aliphatic carbocycles. The lowest BCUT2D eigenvalue weighted by Crippen LogP contribution is -2.56. The molecule has 9 heteroatoms. The largest absolute Gasteiger partial charge is 0.573 e. The van der Waals surface area contributed by atoms with Gasteiger partial charge in [0.25, 0.3) is 5.91 Å². The lowest BCUT2D eigenvalue weighted by atomic mass is 9.94. The van der Waals surface area contributed by atoms with Crippen molar-refractivity contribution < 1.29 is 32.2 Å². The fraction of sp³-hybridized carbons (Fsp3) is 0.391. The van der Waals surface area contributed by atoms with Crippen molar-refractivity contribution in [3.05, 3.63) is 65.7 Å². The molecule has 170 valence electrons. The summed E-state index contributed by atoms with van der Waals surface area (Å²) in [7, 11) is 0. The third-order valence-corrected chi connectivity index (χ3v) is 5.84. The maximum Gasteiger partial charge on any atom is 0.573 e. The normalized spacial score (nSPS) is 21.7. The van der Waals surface area contributed by atoms with E-state index in [1.165, 1.54) is 12.1 Å². The molecule has 6 nitrogen and oxygen atoms in total. The van der Waals surface area contributed by atoms with Crippen molar-refractivity contribution in [2.75, 3.05) is 26.3 Å². The minimum Gasteiger partial charge on any atom is -0.406 e. The molecular weight excluding hydrogens is 425 g/mol. The number of ether oxygens (including phenoxy) is 2. The first-order chi connectivity index (χ1) is 15.3. The van der Waals surface area contributed by atoms with E-state index in [1.54, 1.807) is 4.90 Å². The van der Waals surface area contributed by atoms with Gasteiger partial charge in [-0.2, -0.15) is 0 Å². The van der Waals surface area contributed by atoms with E-state index in [0.717, 1.165) is 17.7 Å². The van der Waals surface area contributed by atoms with E-state index < -0.39 is 17.7 Å². The molecule has 2 amide bonds. The Morgan fingerprint density at radius 2 is 1.81 bits per heavy atom. The van der Waals surface area contributed by atoms with Crippen LogP contribution in [0, 0.1) is 0 Å². The van der Waals surface area contributed by atoms with Gasteiger partial charge in [0.1, 0.15) is 5.75 Å². The first-order valence-corrected chi connectivity index (χ1v) is 10.3. The smallest absolute Gasteiger partial charge is 0.406 e. The number of halogens is 3. The maximum atomic E-state index is 13.2. The van der Waals surface area contributed by atoms with Gasteiger partial charge in [-0.25, -0.2) is 0 Å². The van der Waals surface area contributed by atoms with Crippen LogP contribution in [0.2, 0.25) is 0 Å². The summed E-state index contributed by atoms with van der Waals surface area (Å²) in [5.41, 5.74) is 0.586. The number of benzene rings is 2. The number of nitrogens with zero attached hydrogens (tertiary/aromatic N) is 2. The van der Waals surface area contributed by atoms with Gasteiger partial charge in [-0.05, 0) is 36.2 Å². The summed E-state index contributed by atoms with van der Waals surface area (Å²) in [5.74, 6) is -0.789. The van der Waals surface area contributed by atoms with Crippen LogP contribution in [0.15, 0.2) is 54.6 Å². The van der Waals surface area contributed by atoms with Gasteiger partial charge in [-0.3, -0.25) is 9.59 Å².